The molecule has 44 valence electrons. The number of rotatable bonds is 0. The maximum absolute atomic E-state index is 4.16. The average molecular weight is 281 g/mol. The van der Waals surface area contributed by atoms with Crippen LogP contribution in [-0.2, 0) is 12.8 Å². The Labute approximate surface area is 85.2 Å². The van der Waals surface area contributed by atoms with Crippen LogP contribution < -0.4 is 18.9 Å². The molecule has 0 saturated carbocycles. The second-order valence-electron chi connectivity index (χ2n) is 0.731. The van der Waals surface area contributed by atoms with E-state index in [4.69, 9.17) is 0 Å². The molecule has 0 nitrogen and oxygen atoms in total. The van der Waals surface area contributed by atoms with Crippen LogP contribution in [0, 0.1) is 5.38 Å². The fourth-order valence-corrected chi connectivity index (χ4v) is 0.589. The van der Waals surface area contributed by atoms with Gasteiger partial charge < -0.3 is 11.3 Å². The first kappa shape index (κ1) is 12.2. The Hall–Kier alpha value is 1.55. The molecule has 0 unspecified atom stereocenters. The van der Waals surface area contributed by atoms with Crippen LogP contribution >= 0.6 is 31.7 Å². The Balaban J connectivity index is 0. The Bertz CT molecular complexity index is 72.5. The Morgan fingerprint density at radius 3 is 2.25 bits per heavy atom. The topological polar surface area (TPSA) is 0 Å². The molecule has 4 heteroatoms. The molecule has 0 saturated heterocycles. The first-order valence-corrected chi connectivity index (χ1v) is 5.43. The van der Waals surface area contributed by atoms with E-state index >= 15 is 0 Å². The minimum absolute atomic E-state index is 0. The fourth-order valence-electron chi connectivity index (χ4n) is 0.196. The van der Waals surface area contributed by atoms with Crippen LogP contribution in [0.25, 0.3) is 0 Å². The smallest absolute Gasteiger partial charge is 0.304 e. The summed E-state index contributed by atoms with van der Waals surface area (Å²) in [5, 5.41) is 4.89. The van der Waals surface area contributed by atoms with Crippen molar-refractivity contribution < 1.29 is 31.6 Å². The van der Waals surface area contributed by atoms with Crippen molar-refractivity contribution in [3.8, 4) is 0 Å². The minimum atomic E-state index is 0. The summed E-state index contributed by atoms with van der Waals surface area (Å²) in [6.07, 6.45) is 0. The molecule has 0 atom stereocenters. The SMILES string of the molecule is [Cu][I].[Li+].[c-]1cccs1. The molecule has 1 aromatic rings. The zero-order chi connectivity index (χ0) is 5.54. The zero-order valence-electron chi connectivity index (χ0n) is 4.32. The van der Waals surface area contributed by atoms with Crippen LogP contribution in [0.3, 0.4) is 0 Å². The van der Waals surface area contributed by atoms with E-state index in [1.54, 1.807) is 31.7 Å². The molecule has 0 amide bonds. The van der Waals surface area contributed by atoms with Gasteiger partial charge in [0.15, 0.2) is 0 Å². The van der Waals surface area contributed by atoms with Gasteiger partial charge in [-0.1, -0.05) is 0 Å². The van der Waals surface area contributed by atoms with Gasteiger partial charge in [0.05, 0.1) is 0 Å². The largest absolute Gasteiger partial charge is 1.00 e. The van der Waals surface area contributed by atoms with Crippen molar-refractivity contribution in [2.45, 2.75) is 0 Å². The van der Waals surface area contributed by atoms with Crippen molar-refractivity contribution in [1.29, 1.82) is 0 Å². The summed E-state index contributed by atoms with van der Waals surface area (Å²) < 4.78 is 0. The van der Waals surface area contributed by atoms with Gasteiger partial charge in [-0.3, -0.25) is 0 Å². The van der Waals surface area contributed by atoms with Gasteiger partial charge in [-0.05, 0) is 0 Å². The molecule has 0 radical (unpaired) electrons. The summed E-state index contributed by atoms with van der Waals surface area (Å²) in [6.45, 7) is 0. The quantitative estimate of drug-likeness (QED) is 0.339. The number of hydrogen-bond acceptors (Lipinski definition) is 1. The predicted octanol–water partition coefficient (Wildman–Crippen LogP) is -0.565. The van der Waals surface area contributed by atoms with Crippen LogP contribution in [0.15, 0.2) is 17.5 Å². The second kappa shape index (κ2) is 11.4. The second-order valence-corrected chi connectivity index (χ2v) is 1.47. The molecule has 1 aromatic heterocycles. The maximum atomic E-state index is 4.16. The molecule has 0 bridgehead atoms. The minimum Gasteiger partial charge on any atom is -0.304 e. The molecule has 1 rings (SSSR count). The molecular weight excluding hydrogens is 278 g/mol. The zero-order valence-corrected chi connectivity index (χ0v) is 8.24. The molecule has 0 fully saturated rings. The summed E-state index contributed by atoms with van der Waals surface area (Å²) >= 11 is 7.46. The van der Waals surface area contributed by atoms with Gasteiger partial charge in [0.25, 0.3) is 0 Å². The third-order valence-electron chi connectivity index (χ3n) is 0.379. The average Bonchev–Trinajstić information content (AvgIpc) is 2.23. The molecule has 0 aliphatic carbocycles. The van der Waals surface area contributed by atoms with Gasteiger partial charge in [0, 0.05) is 0 Å². The van der Waals surface area contributed by atoms with E-state index in [2.05, 4.69) is 18.1 Å². The van der Waals surface area contributed by atoms with Crippen molar-refractivity contribution in [3.05, 3.63) is 22.9 Å². The van der Waals surface area contributed by atoms with Gasteiger partial charge >= 0.3 is 52.0 Å². The molecule has 0 aliphatic rings. The number of thiophene rings is 1. The summed E-state index contributed by atoms with van der Waals surface area (Å²) in [5.74, 6) is 0. The monoisotopic (exact) mass is 280 g/mol. The third-order valence-corrected chi connectivity index (χ3v) is 0.944. The first-order valence-electron chi connectivity index (χ1n) is 1.51. The fraction of sp³-hybridized carbons (Fsp3) is 0. The first-order chi connectivity index (χ1) is 3.50. The molecule has 0 spiro atoms. The van der Waals surface area contributed by atoms with Gasteiger partial charge in [-0.25, -0.2) is 6.07 Å². The van der Waals surface area contributed by atoms with E-state index in [-0.39, 0.29) is 18.9 Å². The van der Waals surface area contributed by atoms with Crippen LogP contribution in [0.2, 0.25) is 0 Å². The van der Waals surface area contributed by atoms with E-state index < -0.39 is 0 Å². The van der Waals surface area contributed by atoms with Crippen LogP contribution in [0.5, 0.6) is 0 Å². The van der Waals surface area contributed by atoms with Crippen LogP contribution in [0.1, 0.15) is 0 Å². The van der Waals surface area contributed by atoms with Crippen molar-refractivity contribution in [3.63, 3.8) is 0 Å². The molecule has 0 aromatic carbocycles. The summed E-state index contributed by atoms with van der Waals surface area (Å²) in [5.41, 5.74) is 0. The standard InChI is InChI=1S/C4H3S.Cu.HI.Li/c1-2-4-5-3-1;;;/h1-3H;;1H;/q-1;+1;;+1/p-1. The Kier molecular flexibility index (Phi) is 17.4. The van der Waals surface area contributed by atoms with Crippen molar-refractivity contribution >= 4 is 31.7 Å². The van der Waals surface area contributed by atoms with E-state index in [0.29, 0.717) is 0 Å². The number of halogens is 1. The normalized spacial score (nSPS) is 5.88. The predicted molar refractivity (Wildman–Crippen MR) is 37.2 cm³/mol. The van der Waals surface area contributed by atoms with Gasteiger partial charge in [-0.2, -0.15) is 11.4 Å². The summed E-state index contributed by atoms with van der Waals surface area (Å²) in [7, 11) is 0. The molecule has 8 heavy (non-hydrogen) atoms. The van der Waals surface area contributed by atoms with E-state index in [1.807, 2.05) is 17.5 Å². The van der Waals surface area contributed by atoms with Crippen LogP contribution in [0.4, 0.5) is 0 Å². The van der Waals surface area contributed by atoms with E-state index in [9.17, 15) is 0 Å². The Morgan fingerprint density at radius 1 is 1.50 bits per heavy atom. The molecule has 0 N–H and O–H groups in total. The van der Waals surface area contributed by atoms with Gasteiger partial charge in [-0.15, -0.1) is 5.38 Å². The van der Waals surface area contributed by atoms with E-state index in [1.165, 1.54) is 0 Å². The summed E-state index contributed by atoms with van der Waals surface area (Å²) in [4.78, 5) is 0. The maximum Gasteiger partial charge on any atom is 1.00 e. The van der Waals surface area contributed by atoms with Crippen molar-refractivity contribution in [2.24, 2.45) is 0 Å². The van der Waals surface area contributed by atoms with Gasteiger partial charge in [0.2, 0.25) is 0 Å². The summed E-state index contributed by atoms with van der Waals surface area (Å²) in [6, 6.07) is 3.86. The van der Waals surface area contributed by atoms with Gasteiger partial charge in [0.1, 0.15) is 0 Å². The van der Waals surface area contributed by atoms with Crippen molar-refractivity contribution in [1.82, 2.24) is 0 Å². The van der Waals surface area contributed by atoms with Crippen LogP contribution in [-0.4, -0.2) is 0 Å². The molecule has 1 heterocycles. The molecule has 0 aliphatic heterocycles. The third kappa shape index (κ3) is 7.55. The molecular formula is C4H3CuILiS. The Morgan fingerprint density at radius 2 is 2.12 bits per heavy atom. The van der Waals surface area contributed by atoms with E-state index in [0.717, 1.165) is 0 Å². The number of hydrogen-bond donors (Lipinski definition) is 0. The van der Waals surface area contributed by atoms with Crippen molar-refractivity contribution in [2.75, 3.05) is 0 Å².